The number of nitrogens with zero attached hydrogens (tertiary/aromatic N) is 2. The van der Waals surface area contributed by atoms with Crippen LogP contribution in [-0.4, -0.2) is 30.8 Å². The molecule has 0 saturated heterocycles. The van der Waals surface area contributed by atoms with Crippen molar-refractivity contribution in [3.05, 3.63) is 57.8 Å². The van der Waals surface area contributed by atoms with Gasteiger partial charge in [-0.15, -0.1) is 0 Å². The molecule has 0 radical (unpaired) electrons. The number of H-pyrrole nitrogens is 1. The molecule has 0 amide bonds. The molecule has 0 unspecified atom stereocenters. The van der Waals surface area contributed by atoms with E-state index in [1.165, 1.54) is 12.1 Å². The molecule has 3 N–H and O–H groups in total. The molecular weight excluding hydrogens is 293 g/mol. The number of carbonyl (C=O) groups is 1. The Bertz CT molecular complexity index is 928. The third kappa shape index (κ3) is 2.06. The Kier molecular flexibility index (Phi) is 3.22. The van der Waals surface area contributed by atoms with E-state index < -0.39 is 17.3 Å². The molecule has 0 aliphatic heterocycles. The minimum absolute atomic E-state index is 0.167. The highest BCUT2D eigenvalue weighted by Gasteiger charge is 2.20. The molecule has 0 saturated carbocycles. The van der Waals surface area contributed by atoms with Crippen molar-refractivity contribution in [2.75, 3.05) is 0 Å². The number of fused-ring (bicyclic) bond motifs is 1. The smallest absolute Gasteiger partial charge is 0.341 e. The molecule has 0 atom stereocenters. The van der Waals surface area contributed by atoms with Gasteiger partial charge in [-0.2, -0.15) is 8.91 Å². The second-order valence-electron chi connectivity index (χ2n) is 4.59. The van der Waals surface area contributed by atoms with Gasteiger partial charge in [0, 0.05) is 11.8 Å². The number of hydrogen-bond acceptors (Lipinski definition) is 4. The van der Waals surface area contributed by atoms with Gasteiger partial charge in [-0.25, -0.2) is 9.78 Å². The number of hydrogen-bond donors (Lipinski definition) is 3. The van der Waals surface area contributed by atoms with Crippen LogP contribution in [0.2, 0.25) is 0 Å². The number of aliphatic hydroxyl groups excluding tert-OH is 1. The van der Waals surface area contributed by atoms with E-state index in [-0.39, 0.29) is 23.5 Å². The molecule has 0 fully saturated rings. The average Bonchev–Trinajstić information content (AvgIpc) is 2.95. The third-order valence-electron chi connectivity index (χ3n) is 3.25. The van der Waals surface area contributed by atoms with Gasteiger partial charge in [0.05, 0.1) is 6.61 Å². The van der Waals surface area contributed by atoms with Gasteiger partial charge in [-0.05, 0) is 5.56 Å². The lowest BCUT2D eigenvalue weighted by Crippen LogP contribution is -2.20. The molecule has 0 bridgehead atoms. The van der Waals surface area contributed by atoms with Crippen LogP contribution < -0.4 is 5.56 Å². The van der Waals surface area contributed by atoms with Crippen molar-refractivity contribution in [1.82, 2.24) is 14.6 Å². The van der Waals surface area contributed by atoms with Gasteiger partial charge < -0.3 is 10.2 Å². The molecule has 7 nitrogen and oxygen atoms in total. The number of rotatable bonds is 3. The van der Waals surface area contributed by atoms with Crippen LogP contribution in [0, 0.1) is 5.82 Å². The number of aromatic nitrogens is 3. The van der Waals surface area contributed by atoms with Crippen LogP contribution in [0.3, 0.4) is 0 Å². The monoisotopic (exact) mass is 303 g/mol. The Morgan fingerprint density at radius 2 is 2.00 bits per heavy atom. The Hall–Kier alpha value is -3.00. The fourth-order valence-corrected chi connectivity index (χ4v) is 2.11. The topological polar surface area (TPSA) is 108 Å². The van der Waals surface area contributed by atoms with Crippen LogP contribution >= 0.6 is 0 Å². The molecule has 22 heavy (non-hydrogen) atoms. The maximum Gasteiger partial charge on any atom is 0.341 e. The minimum Gasteiger partial charge on any atom is -0.477 e. The van der Waals surface area contributed by atoms with Crippen LogP contribution in [0.15, 0.2) is 35.3 Å². The van der Waals surface area contributed by atoms with E-state index in [1.807, 2.05) is 0 Å². The Labute approximate surface area is 122 Å². The highest BCUT2D eigenvalue weighted by atomic mass is 19.1. The first-order valence-electron chi connectivity index (χ1n) is 6.26. The zero-order valence-electron chi connectivity index (χ0n) is 11.1. The average molecular weight is 303 g/mol. The summed E-state index contributed by atoms with van der Waals surface area (Å²) in [6.45, 7) is -0.168. The van der Waals surface area contributed by atoms with Crippen LogP contribution in [0.25, 0.3) is 16.9 Å². The summed E-state index contributed by atoms with van der Waals surface area (Å²) in [7, 11) is 0. The van der Waals surface area contributed by atoms with Crippen molar-refractivity contribution in [1.29, 1.82) is 0 Å². The summed E-state index contributed by atoms with van der Waals surface area (Å²) in [5, 5.41) is 20.4. The molecule has 112 valence electrons. The van der Waals surface area contributed by atoms with E-state index in [0.29, 0.717) is 11.1 Å². The molecule has 3 aromatic rings. The number of halogens is 1. The van der Waals surface area contributed by atoms with E-state index in [4.69, 9.17) is 10.2 Å². The Morgan fingerprint density at radius 1 is 1.32 bits per heavy atom. The lowest BCUT2D eigenvalue weighted by atomic mass is 10.1. The Balaban J connectivity index is 2.28. The van der Waals surface area contributed by atoms with Gasteiger partial charge >= 0.3 is 11.5 Å². The van der Waals surface area contributed by atoms with E-state index in [2.05, 4.69) is 10.1 Å². The zero-order valence-corrected chi connectivity index (χ0v) is 11.1. The second-order valence-corrected chi connectivity index (χ2v) is 4.59. The number of carboxylic acid groups (broad SMARTS) is 1. The normalized spacial score (nSPS) is 11.0. The van der Waals surface area contributed by atoms with Crippen molar-refractivity contribution in [3.63, 3.8) is 0 Å². The lowest BCUT2D eigenvalue weighted by molar-refractivity contribution is 0.0698. The fraction of sp³-hybridized carbons (Fsp3) is 0.0714. The molecular formula is C14H10FN3O4. The molecule has 8 heteroatoms. The maximum absolute atomic E-state index is 14.2. The quantitative estimate of drug-likeness (QED) is 0.669. The number of carboxylic acids is 1. The first-order valence-corrected chi connectivity index (χ1v) is 6.26. The fourth-order valence-electron chi connectivity index (χ4n) is 2.11. The summed E-state index contributed by atoms with van der Waals surface area (Å²) >= 11 is 0. The Morgan fingerprint density at radius 3 is 2.59 bits per heavy atom. The van der Waals surface area contributed by atoms with Gasteiger partial charge in [0.2, 0.25) is 5.82 Å². The van der Waals surface area contributed by atoms with Gasteiger partial charge in [0.15, 0.2) is 5.65 Å². The first kappa shape index (κ1) is 14.0. The van der Waals surface area contributed by atoms with E-state index >= 15 is 0 Å². The molecule has 0 aliphatic rings. The van der Waals surface area contributed by atoms with Gasteiger partial charge in [0.25, 0.3) is 0 Å². The predicted octanol–water partition coefficient (Wildman–Crippen LogP) is 1.02. The molecule has 0 aliphatic carbocycles. The van der Waals surface area contributed by atoms with Gasteiger partial charge in [0.1, 0.15) is 11.3 Å². The first-order chi connectivity index (χ1) is 10.5. The SMILES string of the molecule is O=C(O)c1c[nH]n2c(=O)c(F)c(-c3ccc(CO)cc3)nc12. The highest BCUT2D eigenvalue weighted by molar-refractivity contribution is 5.94. The molecule has 3 rings (SSSR count). The third-order valence-corrected chi connectivity index (χ3v) is 3.25. The lowest BCUT2D eigenvalue weighted by Gasteiger charge is -2.04. The van der Waals surface area contributed by atoms with Gasteiger partial charge in [-0.1, -0.05) is 24.3 Å². The summed E-state index contributed by atoms with van der Waals surface area (Å²) < 4.78 is 14.9. The van der Waals surface area contributed by atoms with Gasteiger partial charge in [-0.3, -0.25) is 9.89 Å². The summed E-state index contributed by atoms with van der Waals surface area (Å²) in [6.07, 6.45) is 1.07. The van der Waals surface area contributed by atoms with Crippen molar-refractivity contribution >= 4 is 11.6 Å². The van der Waals surface area contributed by atoms with Crippen LogP contribution in [0.4, 0.5) is 4.39 Å². The van der Waals surface area contributed by atoms with E-state index in [9.17, 15) is 14.0 Å². The standard InChI is InChI=1S/C14H10FN3O4/c15-10-11(8-3-1-7(6-19)2-4-8)17-12-9(14(21)22)5-16-18(12)13(10)20/h1-5,16,19H,6H2,(H,21,22). The molecule has 1 aromatic carbocycles. The van der Waals surface area contributed by atoms with Crippen LogP contribution in [0.1, 0.15) is 15.9 Å². The number of aliphatic hydroxyl groups is 1. The maximum atomic E-state index is 14.2. The zero-order chi connectivity index (χ0) is 15.9. The van der Waals surface area contributed by atoms with E-state index in [1.54, 1.807) is 12.1 Å². The van der Waals surface area contributed by atoms with Crippen molar-refractivity contribution < 1.29 is 19.4 Å². The highest BCUT2D eigenvalue weighted by Crippen LogP contribution is 2.21. The number of nitrogens with one attached hydrogen (secondary N) is 1. The minimum atomic E-state index is -1.28. The summed E-state index contributed by atoms with van der Waals surface area (Å²) in [6, 6.07) is 6.13. The predicted molar refractivity (Wildman–Crippen MR) is 74.1 cm³/mol. The second kappa shape index (κ2) is 5.08. The number of aromatic amines is 1. The largest absolute Gasteiger partial charge is 0.477 e. The molecule has 0 spiro atoms. The number of aromatic carboxylic acids is 1. The summed E-state index contributed by atoms with van der Waals surface area (Å²) in [5.41, 5.74) is -0.720. The van der Waals surface area contributed by atoms with Crippen LogP contribution in [0.5, 0.6) is 0 Å². The van der Waals surface area contributed by atoms with Crippen molar-refractivity contribution in [2.24, 2.45) is 0 Å². The van der Waals surface area contributed by atoms with Crippen molar-refractivity contribution in [2.45, 2.75) is 6.61 Å². The molecule has 2 heterocycles. The van der Waals surface area contributed by atoms with Crippen molar-refractivity contribution in [3.8, 4) is 11.3 Å². The van der Waals surface area contributed by atoms with Crippen LogP contribution in [-0.2, 0) is 6.61 Å². The van der Waals surface area contributed by atoms with E-state index in [0.717, 1.165) is 10.7 Å². The molecule has 2 aromatic heterocycles. The number of benzene rings is 1. The summed E-state index contributed by atoms with van der Waals surface area (Å²) in [5.74, 6) is -2.37. The summed E-state index contributed by atoms with van der Waals surface area (Å²) in [4.78, 5) is 27.0.